The van der Waals surface area contributed by atoms with E-state index in [9.17, 15) is 4.79 Å². The fraction of sp³-hybridized carbons (Fsp3) is 0.100. The van der Waals surface area contributed by atoms with E-state index in [-0.39, 0.29) is 17.1 Å². The van der Waals surface area contributed by atoms with Crippen molar-refractivity contribution in [3.8, 4) is 5.69 Å². The van der Waals surface area contributed by atoms with Gasteiger partial charge in [0.25, 0.3) is 5.56 Å². The molecule has 5 heteroatoms. The van der Waals surface area contributed by atoms with Crippen molar-refractivity contribution in [2.75, 3.05) is 11.5 Å². The molecule has 0 saturated carbocycles. The molecule has 0 spiro atoms. The lowest BCUT2D eigenvalue weighted by atomic mass is 10.3. The lowest BCUT2D eigenvalue weighted by Crippen LogP contribution is -2.20. The number of hydrogen-bond acceptors (Lipinski definition) is 3. The van der Waals surface area contributed by atoms with E-state index in [4.69, 9.17) is 11.5 Å². The van der Waals surface area contributed by atoms with E-state index in [1.807, 2.05) is 30.3 Å². The molecule has 0 atom stereocenters. The fourth-order valence-electron chi connectivity index (χ4n) is 1.50. The van der Waals surface area contributed by atoms with Crippen LogP contribution < -0.4 is 17.0 Å². The summed E-state index contributed by atoms with van der Waals surface area (Å²) in [5, 5.41) is 0. The molecule has 1 aromatic heterocycles. The Kier molecular flexibility index (Phi) is 2.00. The van der Waals surface area contributed by atoms with Crippen LogP contribution in [0.2, 0.25) is 0 Å². The normalized spacial score (nSPS) is 10.5. The minimum Gasteiger partial charge on any atom is -0.391 e. The maximum atomic E-state index is 11.7. The van der Waals surface area contributed by atoms with Gasteiger partial charge < -0.3 is 11.5 Å². The molecular formula is C10H12N4O. The van der Waals surface area contributed by atoms with Gasteiger partial charge in [0, 0.05) is 7.05 Å². The van der Waals surface area contributed by atoms with Crippen LogP contribution in [0.4, 0.5) is 11.5 Å². The van der Waals surface area contributed by atoms with Gasteiger partial charge in [0.2, 0.25) is 0 Å². The summed E-state index contributed by atoms with van der Waals surface area (Å²) in [6.45, 7) is 0. The molecular weight excluding hydrogens is 192 g/mol. The standard InChI is InChI=1S/C10H12N4O/c1-13-9(12)8(11)10(15)14(13)7-5-3-2-4-6-7/h2-6H,11-12H2,1H3. The average Bonchev–Trinajstić information content (AvgIpc) is 2.45. The van der Waals surface area contributed by atoms with Gasteiger partial charge in [-0.1, -0.05) is 18.2 Å². The number of nitrogens with zero attached hydrogens (tertiary/aromatic N) is 2. The van der Waals surface area contributed by atoms with Crippen LogP contribution in [0.15, 0.2) is 35.1 Å². The number of para-hydroxylation sites is 1. The summed E-state index contributed by atoms with van der Waals surface area (Å²) in [6.07, 6.45) is 0. The molecule has 0 amide bonds. The molecule has 0 fully saturated rings. The van der Waals surface area contributed by atoms with Gasteiger partial charge in [0.05, 0.1) is 5.69 Å². The SMILES string of the molecule is Cn1c(N)c(N)c(=O)n1-c1ccccc1. The topological polar surface area (TPSA) is 79.0 Å². The van der Waals surface area contributed by atoms with E-state index in [0.29, 0.717) is 0 Å². The van der Waals surface area contributed by atoms with Gasteiger partial charge in [0.1, 0.15) is 11.5 Å². The van der Waals surface area contributed by atoms with E-state index < -0.39 is 0 Å². The van der Waals surface area contributed by atoms with Crippen molar-refractivity contribution in [2.24, 2.45) is 7.05 Å². The van der Waals surface area contributed by atoms with Crippen molar-refractivity contribution in [2.45, 2.75) is 0 Å². The lowest BCUT2D eigenvalue weighted by Gasteiger charge is -2.06. The summed E-state index contributed by atoms with van der Waals surface area (Å²) in [6, 6.07) is 9.22. The highest BCUT2D eigenvalue weighted by Crippen LogP contribution is 2.12. The van der Waals surface area contributed by atoms with Gasteiger partial charge in [-0.05, 0) is 12.1 Å². The number of aromatic nitrogens is 2. The number of nitrogen functional groups attached to an aromatic ring is 2. The van der Waals surface area contributed by atoms with Crippen molar-refractivity contribution in [3.05, 3.63) is 40.7 Å². The monoisotopic (exact) mass is 204 g/mol. The van der Waals surface area contributed by atoms with E-state index in [1.165, 1.54) is 9.36 Å². The van der Waals surface area contributed by atoms with E-state index in [0.717, 1.165) is 5.69 Å². The van der Waals surface area contributed by atoms with Gasteiger partial charge >= 0.3 is 0 Å². The molecule has 2 rings (SSSR count). The smallest absolute Gasteiger partial charge is 0.296 e. The molecule has 2 aromatic rings. The van der Waals surface area contributed by atoms with E-state index in [2.05, 4.69) is 0 Å². The Hall–Kier alpha value is -2.17. The summed E-state index contributed by atoms with van der Waals surface area (Å²) in [4.78, 5) is 11.7. The van der Waals surface area contributed by atoms with E-state index in [1.54, 1.807) is 7.05 Å². The third kappa shape index (κ3) is 1.28. The van der Waals surface area contributed by atoms with Crippen molar-refractivity contribution >= 4 is 11.5 Å². The Labute approximate surface area is 86.5 Å². The molecule has 1 aromatic carbocycles. The average molecular weight is 204 g/mol. The second kappa shape index (κ2) is 3.20. The first-order valence-electron chi connectivity index (χ1n) is 4.51. The highest BCUT2D eigenvalue weighted by atomic mass is 16.1. The Morgan fingerprint density at radius 3 is 2.20 bits per heavy atom. The third-order valence-electron chi connectivity index (χ3n) is 2.35. The van der Waals surface area contributed by atoms with Crippen molar-refractivity contribution < 1.29 is 0 Å². The fourth-order valence-corrected chi connectivity index (χ4v) is 1.50. The Balaban J connectivity index is 2.75. The predicted octanol–water partition coefficient (Wildman–Crippen LogP) is 0.340. The zero-order chi connectivity index (χ0) is 11.0. The molecule has 0 radical (unpaired) electrons. The molecule has 78 valence electrons. The van der Waals surface area contributed by atoms with Crippen LogP contribution in [0, 0.1) is 0 Å². The summed E-state index contributed by atoms with van der Waals surface area (Å²) >= 11 is 0. The zero-order valence-corrected chi connectivity index (χ0v) is 8.34. The van der Waals surface area contributed by atoms with Crippen LogP contribution in [0.3, 0.4) is 0 Å². The molecule has 0 aliphatic carbocycles. The van der Waals surface area contributed by atoms with Crippen LogP contribution in [0.25, 0.3) is 5.69 Å². The molecule has 5 nitrogen and oxygen atoms in total. The van der Waals surface area contributed by atoms with Crippen LogP contribution in [-0.2, 0) is 7.05 Å². The molecule has 0 unspecified atom stereocenters. The second-order valence-electron chi connectivity index (χ2n) is 3.28. The van der Waals surface area contributed by atoms with Gasteiger partial charge in [-0.25, -0.2) is 4.68 Å². The largest absolute Gasteiger partial charge is 0.391 e. The van der Waals surface area contributed by atoms with E-state index >= 15 is 0 Å². The molecule has 0 aliphatic rings. The molecule has 0 saturated heterocycles. The number of hydrogen-bond donors (Lipinski definition) is 2. The number of rotatable bonds is 1. The molecule has 0 aliphatic heterocycles. The summed E-state index contributed by atoms with van der Waals surface area (Å²) < 4.78 is 2.97. The first-order chi connectivity index (χ1) is 7.13. The van der Waals surface area contributed by atoms with Gasteiger partial charge in [-0.3, -0.25) is 9.48 Å². The summed E-state index contributed by atoms with van der Waals surface area (Å²) in [5.41, 5.74) is 11.8. The summed E-state index contributed by atoms with van der Waals surface area (Å²) in [7, 11) is 1.69. The van der Waals surface area contributed by atoms with Crippen molar-refractivity contribution in [3.63, 3.8) is 0 Å². The second-order valence-corrected chi connectivity index (χ2v) is 3.28. The third-order valence-corrected chi connectivity index (χ3v) is 2.35. The molecule has 4 N–H and O–H groups in total. The first-order valence-corrected chi connectivity index (χ1v) is 4.51. The number of benzene rings is 1. The maximum absolute atomic E-state index is 11.7. The quantitative estimate of drug-likeness (QED) is 0.703. The number of nitrogens with two attached hydrogens (primary N) is 2. The minimum atomic E-state index is -0.291. The Morgan fingerprint density at radius 1 is 1.13 bits per heavy atom. The predicted molar refractivity (Wildman–Crippen MR) is 59.8 cm³/mol. The highest BCUT2D eigenvalue weighted by Gasteiger charge is 2.12. The van der Waals surface area contributed by atoms with Crippen LogP contribution in [0.1, 0.15) is 0 Å². The van der Waals surface area contributed by atoms with Crippen LogP contribution >= 0.6 is 0 Å². The maximum Gasteiger partial charge on any atom is 0.296 e. The van der Waals surface area contributed by atoms with Gasteiger partial charge in [-0.15, -0.1) is 0 Å². The highest BCUT2D eigenvalue weighted by molar-refractivity contribution is 5.58. The number of anilines is 2. The van der Waals surface area contributed by atoms with Crippen LogP contribution in [0.5, 0.6) is 0 Å². The lowest BCUT2D eigenvalue weighted by molar-refractivity contribution is 0.654. The van der Waals surface area contributed by atoms with Crippen LogP contribution in [-0.4, -0.2) is 9.36 Å². The minimum absolute atomic E-state index is 0.0846. The Bertz CT molecular complexity index is 539. The zero-order valence-electron chi connectivity index (χ0n) is 8.34. The first kappa shape index (κ1) is 9.39. The molecule has 15 heavy (non-hydrogen) atoms. The molecule has 0 bridgehead atoms. The Morgan fingerprint density at radius 2 is 1.73 bits per heavy atom. The van der Waals surface area contributed by atoms with Gasteiger partial charge in [0.15, 0.2) is 0 Å². The van der Waals surface area contributed by atoms with Gasteiger partial charge in [-0.2, -0.15) is 0 Å². The molecule has 1 heterocycles. The van der Waals surface area contributed by atoms with Crippen molar-refractivity contribution in [1.82, 2.24) is 9.36 Å². The van der Waals surface area contributed by atoms with Crippen molar-refractivity contribution in [1.29, 1.82) is 0 Å². The summed E-state index contributed by atoms with van der Waals surface area (Å²) in [5.74, 6) is 0.281.